The Hall–Kier alpha value is -2.07. The molecule has 1 heterocycles. The summed E-state index contributed by atoms with van der Waals surface area (Å²) < 4.78 is 0. The fourth-order valence-corrected chi connectivity index (χ4v) is 2.56. The number of nitrogens with one attached hydrogen (secondary N) is 2. The van der Waals surface area contributed by atoms with Crippen molar-refractivity contribution >= 4 is 23.2 Å². The number of halogens is 1. The zero-order chi connectivity index (χ0) is 17.2. The third-order valence-electron chi connectivity index (χ3n) is 3.69. The van der Waals surface area contributed by atoms with Gasteiger partial charge in [-0.15, -0.1) is 0 Å². The zero-order valence-corrected chi connectivity index (χ0v) is 14.8. The van der Waals surface area contributed by atoms with Crippen LogP contribution in [0.25, 0.3) is 0 Å². The van der Waals surface area contributed by atoms with Gasteiger partial charge in [0.2, 0.25) is 0 Å². The maximum absolute atomic E-state index is 11.9. The number of carbonyl (C=O) groups excluding carboxylic acids is 1. The summed E-state index contributed by atoms with van der Waals surface area (Å²) in [5, 5.41) is 6.94. The standard InChI is InChI=1S/C19H24ClN3O/c1-2-3-4-11-22-19(24)18-9-8-17(14-23-18)21-12-10-15-6-5-7-16(20)13-15/h5-9,13-14,21H,2-4,10-12H2,1H3,(H,22,24). The second-order valence-corrected chi connectivity index (χ2v) is 6.14. The summed E-state index contributed by atoms with van der Waals surface area (Å²) >= 11 is 5.97. The lowest BCUT2D eigenvalue weighted by Crippen LogP contribution is -2.25. The molecule has 0 saturated heterocycles. The van der Waals surface area contributed by atoms with Crippen LogP contribution in [0, 0.1) is 0 Å². The molecule has 2 aromatic rings. The second-order valence-electron chi connectivity index (χ2n) is 5.70. The molecular weight excluding hydrogens is 322 g/mol. The first-order chi connectivity index (χ1) is 11.7. The molecule has 0 saturated carbocycles. The third-order valence-corrected chi connectivity index (χ3v) is 3.93. The summed E-state index contributed by atoms with van der Waals surface area (Å²) in [6, 6.07) is 11.5. The van der Waals surface area contributed by atoms with Gasteiger partial charge in [0.1, 0.15) is 5.69 Å². The number of nitrogens with zero attached hydrogens (tertiary/aromatic N) is 1. The van der Waals surface area contributed by atoms with Crippen LogP contribution in [0.3, 0.4) is 0 Å². The van der Waals surface area contributed by atoms with Crippen LogP contribution >= 0.6 is 11.6 Å². The summed E-state index contributed by atoms with van der Waals surface area (Å²) in [5.74, 6) is -0.114. The number of amides is 1. The molecule has 2 rings (SSSR count). The predicted molar refractivity (Wildman–Crippen MR) is 99.7 cm³/mol. The van der Waals surface area contributed by atoms with Crippen molar-refractivity contribution in [2.24, 2.45) is 0 Å². The van der Waals surface area contributed by atoms with Crippen LogP contribution in [-0.4, -0.2) is 24.0 Å². The smallest absolute Gasteiger partial charge is 0.269 e. The van der Waals surface area contributed by atoms with Crippen LogP contribution in [0.1, 0.15) is 42.2 Å². The molecule has 24 heavy (non-hydrogen) atoms. The largest absolute Gasteiger partial charge is 0.383 e. The Labute approximate surface area is 148 Å². The Kier molecular flexibility index (Phi) is 7.56. The van der Waals surface area contributed by atoms with Crippen molar-refractivity contribution in [2.75, 3.05) is 18.4 Å². The van der Waals surface area contributed by atoms with Crippen molar-refractivity contribution in [1.29, 1.82) is 0 Å². The van der Waals surface area contributed by atoms with Gasteiger partial charge >= 0.3 is 0 Å². The fraction of sp³-hybridized carbons (Fsp3) is 0.368. The average molecular weight is 346 g/mol. The first kappa shape index (κ1) is 18.3. The van der Waals surface area contributed by atoms with Crippen molar-refractivity contribution in [3.63, 3.8) is 0 Å². The van der Waals surface area contributed by atoms with Gasteiger partial charge in [-0.2, -0.15) is 0 Å². The van der Waals surface area contributed by atoms with Gasteiger partial charge in [0.05, 0.1) is 11.9 Å². The lowest BCUT2D eigenvalue weighted by Gasteiger charge is -2.08. The fourth-order valence-electron chi connectivity index (χ4n) is 2.34. The molecule has 0 radical (unpaired) electrons. The van der Waals surface area contributed by atoms with E-state index in [1.54, 1.807) is 12.3 Å². The molecule has 5 heteroatoms. The van der Waals surface area contributed by atoms with Crippen LogP contribution in [0.5, 0.6) is 0 Å². The number of anilines is 1. The first-order valence-corrected chi connectivity index (χ1v) is 8.79. The highest BCUT2D eigenvalue weighted by atomic mass is 35.5. The SMILES string of the molecule is CCCCCNC(=O)c1ccc(NCCc2cccc(Cl)c2)cn1. The van der Waals surface area contributed by atoms with Crippen molar-refractivity contribution < 1.29 is 4.79 Å². The molecule has 0 atom stereocenters. The maximum atomic E-state index is 11.9. The third kappa shape index (κ3) is 6.20. The lowest BCUT2D eigenvalue weighted by atomic mass is 10.1. The highest BCUT2D eigenvalue weighted by Gasteiger charge is 2.06. The predicted octanol–water partition coefficient (Wildman–Crippen LogP) is 4.31. The van der Waals surface area contributed by atoms with Crippen molar-refractivity contribution in [2.45, 2.75) is 32.6 Å². The molecule has 0 bridgehead atoms. The summed E-state index contributed by atoms with van der Waals surface area (Å²) in [5.41, 5.74) is 2.54. The van der Waals surface area contributed by atoms with Crippen LogP contribution in [0.15, 0.2) is 42.6 Å². The van der Waals surface area contributed by atoms with Crippen LogP contribution in [-0.2, 0) is 6.42 Å². The number of rotatable bonds is 9. The minimum absolute atomic E-state index is 0.114. The van der Waals surface area contributed by atoms with E-state index in [1.165, 1.54) is 5.56 Å². The average Bonchev–Trinajstić information content (AvgIpc) is 2.59. The van der Waals surface area contributed by atoms with Crippen molar-refractivity contribution in [3.05, 3.63) is 58.9 Å². The minimum Gasteiger partial charge on any atom is -0.383 e. The molecule has 0 aliphatic carbocycles. The molecular formula is C19H24ClN3O. The molecule has 0 spiro atoms. The number of unbranched alkanes of at least 4 members (excludes halogenated alkanes) is 2. The van der Waals surface area contributed by atoms with E-state index in [0.717, 1.165) is 42.9 Å². The number of hydrogen-bond acceptors (Lipinski definition) is 3. The molecule has 1 amide bonds. The quantitative estimate of drug-likeness (QED) is 0.666. The summed E-state index contributed by atoms with van der Waals surface area (Å²) in [4.78, 5) is 16.2. The number of pyridine rings is 1. The summed E-state index contributed by atoms with van der Waals surface area (Å²) in [7, 11) is 0. The molecule has 2 N–H and O–H groups in total. The molecule has 0 fully saturated rings. The van der Waals surface area contributed by atoms with Crippen molar-refractivity contribution in [1.82, 2.24) is 10.3 Å². The molecule has 1 aromatic carbocycles. The van der Waals surface area contributed by atoms with Crippen LogP contribution in [0.2, 0.25) is 5.02 Å². The normalized spacial score (nSPS) is 10.4. The van der Waals surface area contributed by atoms with E-state index in [9.17, 15) is 4.79 Å². The van der Waals surface area contributed by atoms with E-state index < -0.39 is 0 Å². The zero-order valence-electron chi connectivity index (χ0n) is 14.0. The van der Waals surface area contributed by atoms with Gasteiger partial charge in [-0.05, 0) is 42.7 Å². The Morgan fingerprint density at radius 2 is 2.04 bits per heavy atom. The number of carbonyl (C=O) groups is 1. The Morgan fingerprint density at radius 1 is 1.17 bits per heavy atom. The van der Waals surface area contributed by atoms with E-state index in [0.29, 0.717) is 12.2 Å². The van der Waals surface area contributed by atoms with Gasteiger partial charge in [-0.1, -0.05) is 43.5 Å². The van der Waals surface area contributed by atoms with Gasteiger partial charge in [-0.3, -0.25) is 4.79 Å². The Balaban J connectivity index is 1.76. The monoisotopic (exact) mass is 345 g/mol. The van der Waals surface area contributed by atoms with Crippen molar-refractivity contribution in [3.8, 4) is 0 Å². The van der Waals surface area contributed by atoms with E-state index in [2.05, 4.69) is 28.6 Å². The molecule has 0 aliphatic heterocycles. The summed E-state index contributed by atoms with van der Waals surface area (Å²) in [6.07, 6.45) is 5.84. The molecule has 1 aromatic heterocycles. The maximum Gasteiger partial charge on any atom is 0.269 e. The highest BCUT2D eigenvalue weighted by Crippen LogP contribution is 2.12. The minimum atomic E-state index is -0.114. The Bertz CT molecular complexity index is 643. The van der Waals surface area contributed by atoms with E-state index in [1.807, 2.05) is 24.3 Å². The van der Waals surface area contributed by atoms with Gasteiger partial charge < -0.3 is 10.6 Å². The summed E-state index contributed by atoms with van der Waals surface area (Å²) in [6.45, 7) is 3.63. The van der Waals surface area contributed by atoms with E-state index in [-0.39, 0.29) is 5.91 Å². The Morgan fingerprint density at radius 3 is 2.75 bits per heavy atom. The second kappa shape index (κ2) is 9.93. The topological polar surface area (TPSA) is 54.0 Å². The van der Waals surface area contributed by atoms with E-state index >= 15 is 0 Å². The molecule has 0 unspecified atom stereocenters. The van der Waals surface area contributed by atoms with Crippen LogP contribution < -0.4 is 10.6 Å². The van der Waals surface area contributed by atoms with Gasteiger partial charge in [0.25, 0.3) is 5.91 Å². The van der Waals surface area contributed by atoms with E-state index in [4.69, 9.17) is 11.6 Å². The van der Waals surface area contributed by atoms with Gasteiger partial charge in [-0.25, -0.2) is 4.98 Å². The lowest BCUT2D eigenvalue weighted by molar-refractivity contribution is 0.0948. The van der Waals surface area contributed by atoms with Crippen LogP contribution in [0.4, 0.5) is 5.69 Å². The number of aromatic nitrogens is 1. The number of benzene rings is 1. The number of hydrogen-bond donors (Lipinski definition) is 2. The first-order valence-electron chi connectivity index (χ1n) is 8.41. The van der Waals surface area contributed by atoms with Gasteiger partial charge in [0, 0.05) is 18.1 Å². The molecule has 128 valence electrons. The molecule has 0 aliphatic rings. The van der Waals surface area contributed by atoms with Gasteiger partial charge in [0.15, 0.2) is 0 Å². The highest BCUT2D eigenvalue weighted by molar-refractivity contribution is 6.30. The molecule has 4 nitrogen and oxygen atoms in total.